The van der Waals surface area contributed by atoms with Crippen molar-refractivity contribution in [2.24, 2.45) is 5.92 Å². The van der Waals surface area contributed by atoms with E-state index in [9.17, 15) is 4.79 Å². The van der Waals surface area contributed by atoms with Gasteiger partial charge in [0.15, 0.2) is 0 Å². The van der Waals surface area contributed by atoms with Crippen LogP contribution in [0.1, 0.15) is 36.8 Å². The Kier molecular flexibility index (Phi) is 9.37. The second-order valence-corrected chi connectivity index (χ2v) is 9.79. The highest BCUT2D eigenvalue weighted by Gasteiger charge is 2.22. The maximum atomic E-state index is 12.9. The first kappa shape index (κ1) is 24.7. The van der Waals surface area contributed by atoms with Gasteiger partial charge in [-0.25, -0.2) is 0 Å². The van der Waals surface area contributed by atoms with E-state index in [2.05, 4.69) is 58.0 Å². The fourth-order valence-corrected chi connectivity index (χ4v) is 4.88. The summed E-state index contributed by atoms with van der Waals surface area (Å²) in [4.78, 5) is 15.0. The van der Waals surface area contributed by atoms with E-state index in [0.29, 0.717) is 12.3 Å². The molecule has 1 aliphatic rings. The fourth-order valence-electron chi connectivity index (χ4n) is 4.75. The minimum Gasteiger partial charge on any atom is -0.342 e. The Labute approximate surface area is 208 Å². The lowest BCUT2D eigenvalue weighted by atomic mass is 9.95. The average Bonchev–Trinajstić information content (AvgIpc) is 2.87. The van der Waals surface area contributed by atoms with Crippen LogP contribution < -0.4 is 10.6 Å². The van der Waals surface area contributed by atoms with Crippen molar-refractivity contribution in [2.75, 3.05) is 32.7 Å². The number of amides is 1. The van der Waals surface area contributed by atoms with Crippen LogP contribution in [0.4, 0.5) is 0 Å². The highest BCUT2D eigenvalue weighted by Crippen LogP contribution is 2.21. The molecule has 0 saturated carbocycles. The molecule has 0 unspecified atom stereocenters. The molecule has 1 saturated heterocycles. The Bertz CT molecular complexity index is 1040. The summed E-state index contributed by atoms with van der Waals surface area (Å²) in [6.45, 7) is 5.80. The normalized spacial score (nSPS) is 14.6. The van der Waals surface area contributed by atoms with Crippen LogP contribution in [0.25, 0.3) is 10.8 Å². The summed E-state index contributed by atoms with van der Waals surface area (Å²) in [6, 6.07) is 22.6. The fraction of sp³-hybridized carbons (Fsp3) is 0.414. The third-order valence-electron chi connectivity index (χ3n) is 6.82. The molecule has 1 fully saturated rings. The van der Waals surface area contributed by atoms with E-state index in [1.165, 1.54) is 29.2 Å². The summed E-state index contributed by atoms with van der Waals surface area (Å²) in [5.74, 6) is 0.929. The van der Waals surface area contributed by atoms with Crippen molar-refractivity contribution in [3.8, 4) is 0 Å². The Morgan fingerprint density at radius 3 is 2.38 bits per heavy atom. The Hall–Kier alpha value is -2.40. The van der Waals surface area contributed by atoms with Crippen LogP contribution in [0, 0.1) is 5.92 Å². The van der Waals surface area contributed by atoms with Crippen molar-refractivity contribution in [1.29, 1.82) is 0 Å². The zero-order valence-electron chi connectivity index (χ0n) is 19.9. The number of hydrogen-bond acceptors (Lipinski definition) is 3. The zero-order valence-corrected chi connectivity index (χ0v) is 20.7. The molecule has 180 valence electrons. The molecule has 1 aliphatic heterocycles. The van der Waals surface area contributed by atoms with Crippen LogP contribution in [0.5, 0.6) is 0 Å². The first-order valence-corrected chi connectivity index (χ1v) is 13.0. The number of carbonyl (C=O) groups excluding carboxylic acids is 1. The number of nitrogens with zero attached hydrogens (tertiary/aromatic N) is 1. The van der Waals surface area contributed by atoms with Gasteiger partial charge in [-0.05, 0) is 85.3 Å². The van der Waals surface area contributed by atoms with Crippen molar-refractivity contribution in [3.63, 3.8) is 0 Å². The molecule has 1 heterocycles. The molecular weight excluding hydrogens is 442 g/mol. The molecule has 0 atom stereocenters. The molecule has 0 aromatic heterocycles. The van der Waals surface area contributed by atoms with Gasteiger partial charge in [-0.15, -0.1) is 0 Å². The van der Waals surface area contributed by atoms with Crippen molar-refractivity contribution in [2.45, 2.75) is 38.6 Å². The van der Waals surface area contributed by atoms with Gasteiger partial charge in [0, 0.05) is 24.7 Å². The second kappa shape index (κ2) is 12.9. The summed E-state index contributed by atoms with van der Waals surface area (Å²) >= 11 is 5.92. The minimum atomic E-state index is 0.258. The van der Waals surface area contributed by atoms with Gasteiger partial charge in [-0.2, -0.15) is 0 Å². The number of hydrogen-bond donors (Lipinski definition) is 2. The summed E-state index contributed by atoms with van der Waals surface area (Å²) in [7, 11) is 0. The quantitative estimate of drug-likeness (QED) is 0.362. The molecule has 5 heteroatoms. The number of fused-ring (bicyclic) bond motifs is 1. The Morgan fingerprint density at radius 2 is 1.59 bits per heavy atom. The molecule has 0 bridgehead atoms. The van der Waals surface area contributed by atoms with Crippen LogP contribution >= 0.6 is 11.6 Å². The van der Waals surface area contributed by atoms with E-state index in [1.807, 2.05) is 24.3 Å². The number of likely N-dealkylation sites (tertiary alicyclic amines) is 1. The van der Waals surface area contributed by atoms with Gasteiger partial charge in [-0.1, -0.05) is 66.2 Å². The van der Waals surface area contributed by atoms with Crippen molar-refractivity contribution in [3.05, 3.63) is 82.9 Å². The highest BCUT2D eigenvalue weighted by atomic mass is 35.5. The van der Waals surface area contributed by atoms with Crippen molar-refractivity contribution < 1.29 is 4.79 Å². The molecule has 4 nitrogen and oxygen atoms in total. The lowest BCUT2D eigenvalue weighted by Crippen LogP contribution is -2.41. The molecular formula is C29H36ClN3O. The number of benzene rings is 3. The standard InChI is InChI=1S/C29H36ClN3O/c30-27-12-10-23(11-13-27)21-31-16-3-4-17-32-22-24-14-18-33(19-15-24)29(34)20-26-8-5-7-25-6-1-2-9-28(25)26/h1-2,5-13,24,31-32H,3-4,14-22H2. The lowest BCUT2D eigenvalue weighted by molar-refractivity contribution is -0.131. The van der Waals surface area contributed by atoms with Gasteiger partial charge in [0.05, 0.1) is 6.42 Å². The van der Waals surface area contributed by atoms with Crippen LogP contribution in [0.15, 0.2) is 66.7 Å². The summed E-state index contributed by atoms with van der Waals surface area (Å²) in [5, 5.41) is 10.3. The van der Waals surface area contributed by atoms with Gasteiger partial charge < -0.3 is 15.5 Å². The van der Waals surface area contributed by atoms with Crippen molar-refractivity contribution in [1.82, 2.24) is 15.5 Å². The van der Waals surface area contributed by atoms with E-state index >= 15 is 0 Å². The number of nitrogens with one attached hydrogen (secondary N) is 2. The third-order valence-corrected chi connectivity index (χ3v) is 7.07. The summed E-state index contributed by atoms with van der Waals surface area (Å²) in [6.07, 6.45) is 5.03. The van der Waals surface area contributed by atoms with E-state index in [4.69, 9.17) is 11.6 Å². The molecule has 2 N–H and O–H groups in total. The largest absolute Gasteiger partial charge is 0.342 e. The number of carbonyl (C=O) groups is 1. The van der Waals surface area contributed by atoms with Crippen LogP contribution in [0.3, 0.4) is 0 Å². The van der Waals surface area contributed by atoms with Gasteiger partial charge in [0.1, 0.15) is 0 Å². The molecule has 4 rings (SSSR count). The van der Waals surface area contributed by atoms with Crippen LogP contribution in [-0.2, 0) is 17.8 Å². The van der Waals surface area contributed by atoms with E-state index in [-0.39, 0.29) is 5.91 Å². The number of rotatable bonds is 11. The lowest BCUT2D eigenvalue weighted by Gasteiger charge is -2.32. The average molecular weight is 478 g/mol. The Balaban J connectivity index is 1.07. The number of piperidine rings is 1. The maximum Gasteiger partial charge on any atom is 0.227 e. The third kappa shape index (κ3) is 7.30. The minimum absolute atomic E-state index is 0.258. The summed E-state index contributed by atoms with van der Waals surface area (Å²) < 4.78 is 0. The van der Waals surface area contributed by atoms with Crippen LogP contribution in [0.2, 0.25) is 5.02 Å². The van der Waals surface area contributed by atoms with Gasteiger partial charge in [0.25, 0.3) is 0 Å². The molecule has 3 aromatic carbocycles. The van der Waals surface area contributed by atoms with Crippen molar-refractivity contribution >= 4 is 28.3 Å². The molecule has 3 aromatic rings. The van der Waals surface area contributed by atoms with E-state index in [0.717, 1.165) is 62.7 Å². The predicted molar refractivity (Wildman–Crippen MR) is 142 cm³/mol. The molecule has 0 radical (unpaired) electrons. The number of unbranched alkanes of at least 4 members (excludes halogenated alkanes) is 1. The van der Waals surface area contributed by atoms with Gasteiger partial charge >= 0.3 is 0 Å². The topological polar surface area (TPSA) is 44.4 Å². The van der Waals surface area contributed by atoms with E-state index in [1.54, 1.807) is 0 Å². The molecule has 0 spiro atoms. The van der Waals surface area contributed by atoms with E-state index < -0.39 is 0 Å². The van der Waals surface area contributed by atoms with Crippen LogP contribution in [-0.4, -0.2) is 43.5 Å². The summed E-state index contributed by atoms with van der Waals surface area (Å²) in [5.41, 5.74) is 2.40. The van der Waals surface area contributed by atoms with Gasteiger partial charge in [-0.3, -0.25) is 4.79 Å². The highest BCUT2D eigenvalue weighted by molar-refractivity contribution is 6.30. The first-order chi connectivity index (χ1) is 16.7. The SMILES string of the molecule is O=C(Cc1cccc2ccccc12)N1CCC(CNCCCCNCc2ccc(Cl)cc2)CC1. The molecule has 0 aliphatic carbocycles. The number of halogens is 1. The molecule has 1 amide bonds. The zero-order chi connectivity index (χ0) is 23.6. The van der Waals surface area contributed by atoms with Gasteiger partial charge in [0.2, 0.25) is 5.91 Å². The first-order valence-electron chi connectivity index (χ1n) is 12.6. The predicted octanol–water partition coefficient (Wildman–Crippen LogP) is 5.43. The smallest absolute Gasteiger partial charge is 0.227 e. The monoisotopic (exact) mass is 477 g/mol. The Morgan fingerprint density at radius 1 is 0.882 bits per heavy atom. The second-order valence-electron chi connectivity index (χ2n) is 9.35. The molecule has 34 heavy (non-hydrogen) atoms. The maximum absolute atomic E-state index is 12.9.